The van der Waals surface area contributed by atoms with Gasteiger partial charge in [-0.1, -0.05) is 0 Å². The molecule has 6 radical (unpaired) electrons. The number of rotatable bonds is 0. The van der Waals surface area contributed by atoms with Gasteiger partial charge in [0.1, 0.15) is 0 Å². The van der Waals surface area contributed by atoms with Crippen molar-refractivity contribution in [2.24, 2.45) is 0 Å². The first-order valence-corrected chi connectivity index (χ1v) is 20.5. The predicted octanol–water partition coefficient (Wildman–Crippen LogP) is -1.06. The van der Waals surface area contributed by atoms with E-state index in [4.69, 9.17) is 0 Å². The van der Waals surface area contributed by atoms with Crippen molar-refractivity contribution < 1.29 is 0 Å². The summed E-state index contributed by atoms with van der Waals surface area (Å²) in [4.78, 5) is 0. The maximum absolute atomic E-state index is 1.51. The standard InChI is InChI=1S/CH2.4In/h1H2;;;;. The van der Waals surface area contributed by atoms with Gasteiger partial charge in [-0.05, 0) is 0 Å². The molecular weight excluding hydrogens is 471 g/mol. The zero-order valence-electron chi connectivity index (χ0n) is 3.02. The first-order chi connectivity index (χ1) is 2.41. The topological polar surface area (TPSA) is 0 Å². The summed E-state index contributed by atoms with van der Waals surface area (Å²) in [5.74, 6) is 0. The molecule has 4 heteroatoms. The van der Waals surface area contributed by atoms with E-state index in [1.807, 2.05) is 0 Å². The Morgan fingerprint density at radius 1 is 1.00 bits per heavy atom. The summed E-state index contributed by atoms with van der Waals surface area (Å²) in [7, 11) is 0. The molecule has 0 aliphatic rings. The molecule has 0 fully saturated rings. The fraction of sp³-hybridized carbons (Fsp3) is 1.00. The van der Waals surface area contributed by atoms with Crippen LogP contribution < -0.4 is 0 Å². The normalized spacial score (nSPS) is 3.60. The van der Waals surface area contributed by atoms with E-state index in [0.29, 0.717) is 0 Å². The van der Waals surface area contributed by atoms with Crippen molar-refractivity contribution in [2.75, 3.05) is 0 Å². The Labute approximate surface area is 86.4 Å². The Balaban J connectivity index is 0. The van der Waals surface area contributed by atoms with Gasteiger partial charge >= 0.3 is 88.8 Å². The van der Waals surface area contributed by atoms with Gasteiger partial charge in [-0.15, -0.1) is 0 Å². The molecule has 0 N–H and O–H groups in total. The zero-order chi connectivity index (χ0) is 4.71. The Bertz CT molecular complexity index is 7.61. The van der Waals surface area contributed by atoms with E-state index in [1.54, 1.807) is 0 Å². The third-order valence-corrected chi connectivity index (χ3v) is 0. The third-order valence-electron chi connectivity index (χ3n) is 0. The molecule has 5 heavy (non-hydrogen) atoms. The summed E-state index contributed by atoms with van der Waals surface area (Å²) in [6.07, 6.45) is 0. The van der Waals surface area contributed by atoms with Crippen molar-refractivity contribution >= 4 is 86.9 Å². The summed E-state index contributed by atoms with van der Waals surface area (Å²) < 4.78 is 1.51. The van der Waals surface area contributed by atoms with E-state index in [2.05, 4.69) is 0 Å². The first-order valence-electron chi connectivity index (χ1n) is 1.15. The molecule has 0 rings (SSSR count). The Morgan fingerprint density at radius 3 is 1.00 bits per heavy atom. The molecule has 0 aliphatic heterocycles. The van der Waals surface area contributed by atoms with Crippen LogP contribution >= 0.6 is 0 Å². The van der Waals surface area contributed by atoms with Gasteiger partial charge in [-0.3, -0.25) is 0 Å². The molecular formula is CH2In4. The molecule has 0 aliphatic carbocycles. The fourth-order valence-electron chi connectivity index (χ4n) is 0. The van der Waals surface area contributed by atoms with Crippen LogP contribution in [0.5, 0.6) is 0 Å². The summed E-state index contributed by atoms with van der Waals surface area (Å²) in [6.45, 7) is 0. The monoisotopic (exact) mass is 474 g/mol. The quantitative estimate of drug-likeness (QED) is 0.421. The van der Waals surface area contributed by atoms with Gasteiger partial charge in [0.2, 0.25) is 0 Å². The van der Waals surface area contributed by atoms with E-state index in [1.165, 1.54) is 88.8 Å². The van der Waals surface area contributed by atoms with Crippen LogP contribution in [0.1, 0.15) is 0 Å². The average molecular weight is 473 g/mol. The van der Waals surface area contributed by atoms with Crippen molar-refractivity contribution in [2.45, 2.75) is 1.93 Å². The van der Waals surface area contributed by atoms with E-state index < -0.39 is 0 Å². The average Bonchev–Trinajstić information content (AvgIpc) is 1.46. The second kappa shape index (κ2) is 15.6. The van der Waals surface area contributed by atoms with Crippen molar-refractivity contribution in [1.29, 1.82) is 0 Å². The van der Waals surface area contributed by atoms with E-state index in [-0.39, 0.29) is 0 Å². The molecule has 0 bridgehead atoms. The Morgan fingerprint density at radius 2 is 1.00 bits per heavy atom. The van der Waals surface area contributed by atoms with E-state index >= 15 is 0 Å². The second-order valence-electron chi connectivity index (χ2n) is 0.236. The van der Waals surface area contributed by atoms with Crippen LogP contribution in [0, 0.1) is 0 Å². The molecule has 0 heterocycles. The van der Waals surface area contributed by atoms with Gasteiger partial charge in [0.25, 0.3) is 0 Å². The van der Waals surface area contributed by atoms with Crippen LogP contribution in [-0.4, -0.2) is 86.9 Å². The molecule has 0 saturated carbocycles. The van der Waals surface area contributed by atoms with Crippen LogP contribution in [0.25, 0.3) is 0 Å². The molecule has 0 spiro atoms. The van der Waals surface area contributed by atoms with Gasteiger partial charge in [-0.25, -0.2) is 0 Å². The molecule has 0 aromatic heterocycles. The van der Waals surface area contributed by atoms with Crippen molar-refractivity contribution in [1.82, 2.24) is 0 Å². The van der Waals surface area contributed by atoms with Crippen LogP contribution in [0.2, 0.25) is 1.93 Å². The minimum atomic E-state index is 1.48. The van der Waals surface area contributed by atoms with Gasteiger partial charge in [0.05, 0.1) is 0 Å². The summed E-state index contributed by atoms with van der Waals surface area (Å²) in [5, 5.41) is 0. The molecule has 0 amide bonds. The fourth-order valence-corrected chi connectivity index (χ4v) is 0. The van der Waals surface area contributed by atoms with Crippen LogP contribution in [0.3, 0.4) is 0 Å². The minimum absolute atomic E-state index is 1.48. The zero-order valence-corrected chi connectivity index (χ0v) is 16.2. The summed E-state index contributed by atoms with van der Waals surface area (Å²) in [6, 6.07) is 0. The molecule has 0 aromatic carbocycles. The van der Waals surface area contributed by atoms with Crippen molar-refractivity contribution in [3.8, 4) is 0 Å². The first kappa shape index (κ1) is 11.3. The third kappa shape index (κ3) is 18.5. The van der Waals surface area contributed by atoms with E-state index in [0.717, 1.165) is 0 Å². The van der Waals surface area contributed by atoms with Gasteiger partial charge < -0.3 is 0 Å². The van der Waals surface area contributed by atoms with Crippen molar-refractivity contribution in [3.05, 3.63) is 0 Å². The predicted molar refractivity (Wildman–Crippen MR) is 27.8 cm³/mol. The molecule has 0 saturated heterocycles. The van der Waals surface area contributed by atoms with Crippen LogP contribution in [0.4, 0.5) is 0 Å². The molecule has 0 nitrogen and oxygen atoms in total. The SMILES string of the molecule is [In]=[In].[In][CH2][In]. The Kier molecular flexibility index (Phi) is 35.4. The van der Waals surface area contributed by atoms with Crippen LogP contribution in [-0.2, 0) is 0 Å². The van der Waals surface area contributed by atoms with E-state index in [9.17, 15) is 0 Å². The molecule has 0 unspecified atom stereocenters. The maximum atomic E-state index is 1.51. The molecule has 0 aromatic rings. The molecule has 18 valence electrons. The summed E-state index contributed by atoms with van der Waals surface area (Å²) >= 11 is 5.91. The van der Waals surface area contributed by atoms with Crippen LogP contribution in [0.15, 0.2) is 0 Å². The Hall–Kier alpha value is 3.48. The van der Waals surface area contributed by atoms with Crippen molar-refractivity contribution in [3.63, 3.8) is 0 Å². The molecule has 0 atom stereocenters. The number of hydrogen-bond acceptors (Lipinski definition) is 0. The second-order valence-corrected chi connectivity index (χ2v) is 10.6. The van der Waals surface area contributed by atoms with Gasteiger partial charge in [-0.2, -0.15) is 0 Å². The van der Waals surface area contributed by atoms with Gasteiger partial charge in [0.15, 0.2) is 0 Å². The summed E-state index contributed by atoms with van der Waals surface area (Å²) in [5.41, 5.74) is 0. The number of hydrogen-bond donors (Lipinski definition) is 0. The van der Waals surface area contributed by atoms with Gasteiger partial charge in [0, 0.05) is 0 Å².